The van der Waals surface area contributed by atoms with Gasteiger partial charge in [0.1, 0.15) is 43.2 Å². The van der Waals surface area contributed by atoms with E-state index >= 15 is 0 Å². The third-order valence-electron chi connectivity index (χ3n) is 10.2. The van der Waals surface area contributed by atoms with Gasteiger partial charge in [-0.3, -0.25) is 23.2 Å². The fraction of sp³-hybridized carbons (Fsp3) is 0.633. The Bertz CT molecular complexity index is 1700. The maximum atomic E-state index is 13.0. The van der Waals surface area contributed by atoms with E-state index in [4.69, 9.17) is 18.5 Å². The van der Waals surface area contributed by atoms with Gasteiger partial charge in [0, 0.05) is 12.8 Å². The van der Waals surface area contributed by atoms with Crippen molar-refractivity contribution >= 4 is 27.6 Å². The molecule has 0 spiro atoms. The number of carbonyl (C=O) groups is 2. The SMILES string of the molecule is CC/C=C\C/C=C\C/C=C\C/C=C\C/C=C\CCCCCC(=O)O[C@H](COC(=O)CCCCCCC/C=C/C=C/C(O)C/C=C/CC)COP(=O)(O)O[C@H]1C(O)C(O)C(O)[C@@H](OP(=O)(O)O)C1O. The zero-order valence-corrected chi connectivity index (χ0v) is 41.6. The van der Waals surface area contributed by atoms with Gasteiger partial charge in [-0.05, 0) is 83.5 Å². The van der Waals surface area contributed by atoms with Gasteiger partial charge in [-0.1, -0.05) is 137 Å². The van der Waals surface area contributed by atoms with Crippen LogP contribution in [0.25, 0.3) is 0 Å². The molecular formula is C49H80O17P2. The molecule has 8 N–H and O–H groups in total. The van der Waals surface area contributed by atoms with Gasteiger partial charge in [0.2, 0.25) is 0 Å². The third-order valence-corrected chi connectivity index (χ3v) is 11.7. The molecule has 1 aliphatic carbocycles. The van der Waals surface area contributed by atoms with Crippen molar-refractivity contribution in [2.75, 3.05) is 13.2 Å². The van der Waals surface area contributed by atoms with Crippen molar-refractivity contribution in [1.82, 2.24) is 0 Å². The molecule has 19 heteroatoms. The van der Waals surface area contributed by atoms with Crippen molar-refractivity contribution in [3.05, 3.63) is 97.2 Å². The number of allylic oxidation sites excluding steroid dienone is 14. The highest BCUT2D eigenvalue weighted by Gasteiger charge is 2.54. The van der Waals surface area contributed by atoms with E-state index in [9.17, 15) is 58.9 Å². The van der Waals surface area contributed by atoms with Crippen molar-refractivity contribution in [2.45, 2.75) is 185 Å². The highest BCUT2D eigenvalue weighted by molar-refractivity contribution is 7.47. The lowest BCUT2D eigenvalue weighted by atomic mass is 9.85. The molecule has 1 rings (SSSR count). The quantitative estimate of drug-likeness (QED) is 0.00953. The maximum absolute atomic E-state index is 13.0. The molecule has 0 aliphatic heterocycles. The van der Waals surface area contributed by atoms with Gasteiger partial charge in [-0.2, -0.15) is 0 Å². The molecule has 1 saturated carbocycles. The van der Waals surface area contributed by atoms with Crippen LogP contribution >= 0.6 is 15.6 Å². The molecule has 6 unspecified atom stereocenters. The summed E-state index contributed by atoms with van der Waals surface area (Å²) in [5, 5.41) is 51.1. The molecule has 388 valence electrons. The number of carbonyl (C=O) groups excluding carboxylic acids is 2. The summed E-state index contributed by atoms with van der Waals surface area (Å²) in [6.07, 6.45) is 31.1. The Labute approximate surface area is 403 Å². The summed E-state index contributed by atoms with van der Waals surface area (Å²) in [5.41, 5.74) is 0. The van der Waals surface area contributed by atoms with Crippen LogP contribution in [-0.4, -0.2) is 114 Å². The van der Waals surface area contributed by atoms with Gasteiger partial charge in [0.25, 0.3) is 0 Å². The minimum Gasteiger partial charge on any atom is -0.462 e. The van der Waals surface area contributed by atoms with Crippen LogP contribution in [0, 0.1) is 0 Å². The van der Waals surface area contributed by atoms with Gasteiger partial charge in [-0.15, -0.1) is 0 Å². The number of hydrogen-bond donors (Lipinski definition) is 8. The number of aliphatic hydroxyl groups is 5. The van der Waals surface area contributed by atoms with Gasteiger partial charge in [0.15, 0.2) is 6.10 Å². The Morgan fingerprint density at radius 3 is 1.62 bits per heavy atom. The van der Waals surface area contributed by atoms with Crippen molar-refractivity contribution < 1.29 is 82.0 Å². The standard InChI is InChI=1S/C49H80O17P2/c1-3-5-7-8-9-10-11-12-13-14-15-16-17-18-19-22-26-29-33-37-43(52)64-41(38-62-42(51)36-32-28-25-23-20-21-24-27-31-35-40(50)34-30-6-4-2)39-63-68(60,61)66-49-46(55)44(53)45(54)48(47(49)56)65-67(57,58)59/h5-7,9-10,12-13,15-16,18-19,24,27,30-31,35,40-41,44-50,53-56H,3-4,8,11,14,17,20-23,25-26,28-29,32-34,36-39H2,1-2H3,(H,60,61)(H2,57,58,59)/b7-5-,10-9-,13-12-,16-15-,19-18-,27-24+,30-6+,35-31+/t40?,41-,44?,45?,46?,47?,48-,49+/m1/s1. The number of rotatable bonds is 38. The van der Waals surface area contributed by atoms with Crippen molar-refractivity contribution in [3.63, 3.8) is 0 Å². The number of ether oxygens (including phenoxy) is 2. The van der Waals surface area contributed by atoms with E-state index in [1.807, 2.05) is 37.3 Å². The lowest BCUT2D eigenvalue weighted by Crippen LogP contribution is -2.64. The van der Waals surface area contributed by atoms with Crippen LogP contribution < -0.4 is 0 Å². The Morgan fingerprint density at radius 1 is 0.544 bits per heavy atom. The number of unbranched alkanes of at least 4 members (excludes halogenated alkanes) is 8. The molecule has 0 aromatic heterocycles. The first-order chi connectivity index (χ1) is 32.5. The van der Waals surface area contributed by atoms with Crippen molar-refractivity contribution in [3.8, 4) is 0 Å². The van der Waals surface area contributed by atoms with Crippen LogP contribution in [-0.2, 0) is 41.8 Å². The molecule has 0 amide bonds. The average Bonchev–Trinajstić information content (AvgIpc) is 3.29. The van der Waals surface area contributed by atoms with Crippen LogP contribution in [0.15, 0.2) is 97.2 Å². The summed E-state index contributed by atoms with van der Waals surface area (Å²) >= 11 is 0. The second kappa shape index (κ2) is 38.6. The lowest BCUT2D eigenvalue weighted by Gasteiger charge is -2.43. The molecule has 1 fully saturated rings. The third kappa shape index (κ3) is 32.6. The first-order valence-electron chi connectivity index (χ1n) is 23.9. The molecule has 0 bridgehead atoms. The van der Waals surface area contributed by atoms with E-state index in [1.54, 1.807) is 6.08 Å². The van der Waals surface area contributed by atoms with E-state index in [0.717, 1.165) is 83.5 Å². The molecule has 0 radical (unpaired) electrons. The van der Waals surface area contributed by atoms with E-state index in [2.05, 4.69) is 72.2 Å². The van der Waals surface area contributed by atoms with Gasteiger partial charge >= 0.3 is 27.6 Å². The number of phosphoric acid groups is 2. The second-order valence-electron chi connectivity index (χ2n) is 16.3. The molecule has 68 heavy (non-hydrogen) atoms. The molecule has 0 saturated heterocycles. The molecule has 17 nitrogen and oxygen atoms in total. The zero-order valence-electron chi connectivity index (χ0n) is 39.9. The summed E-state index contributed by atoms with van der Waals surface area (Å²) in [6, 6.07) is 0. The normalized spacial score (nSPS) is 22.6. The van der Waals surface area contributed by atoms with Crippen LogP contribution in [0.1, 0.15) is 136 Å². The summed E-state index contributed by atoms with van der Waals surface area (Å²) in [5.74, 6) is -1.31. The lowest BCUT2D eigenvalue weighted by molar-refractivity contribution is -0.216. The smallest absolute Gasteiger partial charge is 0.462 e. The summed E-state index contributed by atoms with van der Waals surface area (Å²) < 4.78 is 49.3. The van der Waals surface area contributed by atoms with E-state index in [-0.39, 0.29) is 12.8 Å². The molecular weight excluding hydrogens is 922 g/mol. The Morgan fingerprint density at radius 2 is 1.03 bits per heavy atom. The number of phosphoric ester groups is 2. The van der Waals surface area contributed by atoms with Gasteiger partial charge in [-0.25, -0.2) is 9.13 Å². The minimum atomic E-state index is -5.38. The first kappa shape index (κ1) is 62.9. The first-order valence-corrected chi connectivity index (χ1v) is 26.9. The summed E-state index contributed by atoms with van der Waals surface area (Å²) in [4.78, 5) is 54.3. The molecule has 0 heterocycles. The minimum absolute atomic E-state index is 0.0163. The van der Waals surface area contributed by atoms with Crippen molar-refractivity contribution in [2.24, 2.45) is 0 Å². The number of hydrogen-bond acceptors (Lipinski definition) is 14. The van der Waals surface area contributed by atoms with E-state index in [0.29, 0.717) is 25.7 Å². The fourth-order valence-corrected chi connectivity index (χ4v) is 8.10. The van der Waals surface area contributed by atoms with E-state index in [1.165, 1.54) is 0 Å². The van der Waals surface area contributed by atoms with E-state index < -0.39 is 89.6 Å². The largest absolute Gasteiger partial charge is 0.472 e. The van der Waals surface area contributed by atoms with Gasteiger partial charge < -0.3 is 49.7 Å². The maximum Gasteiger partial charge on any atom is 0.472 e. The van der Waals surface area contributed by atoms with Crippen LogP contribution in [0.2, 0.25) is 0 Å². The van der Waals surface area contributed by atoms with Crippen molar-refractivity contribution in [1.29, 1.82) is 0 Å². The predicted octanol–water partition coefficient (Wildman–Crippen LogP) is 8.14. The highest BCUT2D eigenvalue weighted by Crippen LogP contribution is 2.49. The number of esters is 2. The number of aliphatic hydroxyl groups excluding tert-OH is 5. The summed E-state index contributed by atoms with van der Waals surface area (Å²) in [7, 11) is -10.7. The zero-order chi connectivity index (χ0) is 50.5. The average molecular weight is 1000 g/mol. The van der Waals surface area contributed by atoms with Crippen LogP contribution in [0.3, 0.4) is 0 Å². The van der Waals surface area contributed by atoms with Crippen LogP contribution in [0.5, 0.6) is 0 Å². The molecule has 0 aromatic carbocycles. The Balaban J connectivity index is 2.65. The Kier molecular flexibility index (Phi) is 35.7. The molecule has 0 aromatic rings. The molecule has 9 atom stereocenters. The Hall–Kier alpha value is -3.12. The molecule has 1 aliphatic rings. The fourth-order valence-electron chi connectivity index (χ4n) is 6.56. The monoisotopic (exact) mass is 1000 g/mol. The van der Waals surface area contributed by atoms with Gasteiger partial charge in [0.05, 0.1) is 12.7 Å². The second-order valence-corrected chi connectivity index (χ2v) is 18.9. The topological polar surface area (TPSA) is 276 Å². The highest BCUT2D eigenvalue weighted by atomic mass is 31.2. The predicted molar refractivity (Wildman–Crippen MR) is 261 cm³/mol. The van der Waals surface area contributed by atoms with Crippen LogP contribution in [0.4, 0.5) is 0 Å². The summed E-state index contributed by atoms with van der Waals surface area (Å²) in [6.45, 7) is 2.72.